The summed E-state index contributed by atoms with van der Waals surface area (Å²) in [7, 11) is 0. The van der Waals surface area contributed by atoms with Crippen molar-refractivity contribution in [3.05, 3.63) is 35.9 Å². The fraction of sp³-hybridized carbons (Fsp3) is 0.412. The average Bonchev–Trinajstić information content (AvgIpc) is 3.20. The lowest BCUT2D eigenvalue weighted by Gasteiger charge is -2.16. The third kappa shape index (κ3) is 2.27. The number of rotatable bonds is 3. The summed E-state index contributed by atoms with van der Waals surface area (Å²) in [4.78, 5) is 17.0. The van der Waals surface area contributed by atoms with Gasteiger partial charge in [-0.05, 0) is 48.8 Å². The molecule has 2 bridgehead atoms. The van der Waals surface area contributed by atoms with Crippen molar-refractivity contribution in [3.8, 4) is 0 Å². The Hall–Kier alpha value is -1.68. The summed E-state index contributed by atoms with van der Waals surface area (Å²) in [5.74, 6) is 1.34. The summed E-state index contributed by atoms with van der Waals surface area (Å²) in [6.45, 7) is 2.15. The zero-order chi connectivity index (χ0) is 14.4. The van der Waals surface area contributed by atoms with Crippen LogP contribution >= 0.6 is 11.3 Å². The molecular weight excluding hydrogens is 280 g/mol. The standard InChI is InChI=1S/C17H18N2OS/c1-2-10-4-6-14-15(9-10)21-17(18-14)19-16(20)13-8-11-3-5-12(13)7-11/h3-6,9,11-13H,2,7-8H2,1H3,(H,18,19,20)/t11-,12-,13-/m0/s1. The van der Waals surface area contributed by atoms with Crippen molar-refractivity contribution in [1.29, 1.82) is 0 Å². The van der Waals surface area contributed by atoms with E-state index in [1.165, 1.54) is 5.56 Å². The van der Waals surface area contributed by atoms with Crippen LogP contribution in [0.4, 0.5) is 5.13 Å². The van der Waals surface area contributed by atoms with Crippen LogP contribution in [0.5, 0.6) is 0 Å². The highest BCUT2D eigenvalue weighted by Crippen LogP contribution is 2.44. The number of fused-ring (bicyclic) bond motifs is 3. The number of anilines is 1. The molecule has 4 rings (SSSR count). The highest BCUT2D eigenvalue weighted by molar-refractivity contribution is 7.22. The van der Waals surface area contributed by atoms with Crippen molar-refractivity contribution in [1.82, 2.24) is 4.98 Å². The summed E-state index contributed by atoms with van der Waals surface area (Å²) in [6.07, 6.45) is 7.64. The number of aromatic nitrogens is 1. The Balaban J connectivity index is 1.54. The molecule has 0 radical (unpaired) electrons. The van der Waals surface area contributed by atoms with Gasteiger partial charge < -0.3 is 5.32 Å². The second-order valence-electron chi connectivity index (χ2n) is 6.05. The minimum atomic E-state index is 0.137. The molecule has 108 valence electrons. The molecular formula is C17H18N2OS. The van der Waals surface area contributed by atoms with Gasteiger partial charge in [-0.25, -0.2) is 4.98 Å². The van der Waals surface area contributed by atoms with E-state index >= 15 is 0 Å². The summed E-state index contributed by atoms with van der Waals surface area (Å²) >= 11 is 1.57. The van der Waals surface area contributed by atoms with Crippen molar-refractivity contribution in [3.63, 3.8) is 0 Å². The fourth-order valence-electron chi connectivity index (χ4n) is 3.52. The van der Waals surface area contributed by atoms with Gasteiger partial charge in [0.25, 0.3) is 0 Å². The maximum absolute atomic E-state index is 12.4. The third-order valence-electron chi connectivity index (χ3n) is 4.71. The van der Waals surface area contributed by atoms with E-state index in [2.05, 4.69) is 41.5 Å². The first-order valence-corrected chi connectivity index (χ1v) is 8.43. The molecule has 3 atom stereocenters. The van der Waals surface area contributed by atoms with E-state index in [0.29, 0.717) is 11.8 Å². The van der Waals surface area contributed by atoms with Crippen LogP contribution in [-0.4, -0.2) is 10.9 Å². The van der Waals surface area contributed by atoms with Crippen molar-refractivity contribution in [2.75, 3.05) is 5.32 Å². The number of benzene rings is 1. The number of allylic oxidation sites excluding steroid dienone is 2. The Kier molecular flexibility index (Phi) is 3.07. The minimum absolute atomic E-state index is 0.137. The van der Waals surface area contributed by atoms with Gasteiger partial charge >= 0.3 is 0 Å². The molecule has 0 saturated heterocycles. The van der Waals surface area contributed by atoms with Crippen LogP contribution in [-0.2, 0) is 11.2 Å². The maximum atomic E-state index is 12.4. The number of hydrogen-bond acceptors (Lipinski definition) is 3. The lowest BCUT2D eigenvalue weighted by Crippen LogP contribution is -2.25. The van der Waals surface area contributed by atoms with Gasteiger partial charge in [-0.1, -0.05) is 36.5 Å². The van der Waals surface area contributed by atoms with E-state index in [1.54, 1.807) is 11.3 Å². The van der Waals surface area contributed by atoms with Crippen molar-refractivity contribution >= 4 is 32.6 Å². The molecule has 1 fully saturated rings. The molecule has 1 heterocycles. The van der Waals surface area contributed by atoms with Crippen molar-refractivity contribution < 1.29 is 4.79 Å². The smallest absolute Gasteiger partial charge is 0.229 e. The fourth-order valence-corrected chi connectivity index (χ4v) is 4.46. The molecule has 1 aromatic heterocycles. The van der Waals surface area contributed by atoms with Crippen LogP contribution < -0.4 is 5.32 Å². The molecule has 4 heteroatoms. The number of thiazole rings is 1. The SMILES string of the molecule is CCc1ccc2nc(NC(=O)[C@H]3C[C@H]4C=C[C@H]3C4)sc2c1. The summed E-state index contributed by atoms with van der Waals surface area (Å²) < 4.78 is 1.15. The monoisotopic (exact) mass is 298 g/mol. The van der Waals surface area contributed by atoms with E-state index in [1.807, 2.05) is 6.07 Å². The molecule has 3 nitrogen and oxygen atoms in total. The normalized spacial score (nSPS) is 26.6. The van der Waals surface area contributed by atoms with Crippen LogP contribution in [0.15, 0.2) is 30.4 Å². The molecule has 0 aliphatic heterocycles. The summed E-state index contributed by atoms with van der Waals surface area (Å²) in [6, 6.07) is 6.32. The van der Waals surface area contributed by atoms with Gasteiger partial charge in [0, 0.05) is 5.92 Å². The highest BCUT2D eigenvalue weighted by Gasteiger charge is 2.39. The lowest BCUT2D eigenvalue weighted by atomic mass is 9.93. The molecule has 1 saturated carbocycles. The maximum Gasteiger partial charge on any atom is 0.229 e. The van der Waals surface area contributed by atoms with Gasteiger partial charge in [0.2, 0.25) is 5.91 Å². The number of amides is 1. The molecule has 0 spiro atoms. The number of nitrogens with one attached hydrogen (secondary N) is 1. The summed E-state index contributed by atoms with van der Waals surface area (Å²) in [5, 5.41) is 3.76. The zero-order valence-corrected chi connectivity index (χ0v) is 12.8. The van der Waals surface area contributed by atoms with Crippen LogP contribution in [0.3, 0.4) is 0 Å². The van der Waals surface area contributed by atoms with Crippen LogP contribution in [0.2, 0.25) is 0 Å². The second kappa shape index (κ2) is 4.95. The van der Waals surface area contributed by atoms with Gasteiger partial charge in [0.15, 0.2) is 5.13 Å². The first kappa shape index (κ1) is 13.0. The number of carbonyl (C=O) groups is 1. The molecule has 21 heavy (non-hydrogen) atoms. The van der Waals surface area contributed by atoms with Gasteiger partial charge in [-0.15, -0.1) is 0 Å². The first-order chi connectivity index (χ1) is 10.2. The van der Waals surface area contributed by atoms with Gasteiger partial charge in [-0.3, -0.25) is 4.79 Å². The quantitative estimate of drug-likeness (QED) is 0.870. The summed E-state index contributed by atoms with van der Waals surface area (Å²) in [5.41, 5.74) is 2.28. The second-order valence-corrected chi connectivity index (χ2v) is 7.08. The van der Waals surface area contributed by atoms with Gasteiger partial charge in [-0.2, -0.15) is 0 Å². The predicted molar refractivity (Wildman–Crippen MR) is 86.5 cm³/mol. The van der Waals surface area contributed by atoms with Crippen molar-refractivity contribution in [2.24, 2.45) is 17.8 Å². The van der Waals surface area contributed by atoms with E-state index < -0.39 is 0 Å². The van der Waals surface area contributed by atoms with E-state index in [4.69, 9.17) is 0 Å². The Bertz CT molecular complexity index is 733. The number of hydrogen-bond donors (Lipinski definition) is 1. The molecule has 2 aliphatic carbocycles. The number of nitrogens with zero attached hydrogens (tertiary/aromatic N) is 1. The molecule has 1 aromatic carbocycles. The minimum Gasteiger partial charge on any atom is -0.302 e. The van der Waals surface area contributed by atoms with E-state index in [9.17, 15) is 4.79 Å². The number of aryl methyl sites for hydroxylation is 1. The zero-order valence-electron chi connectivity index (χ0n) is 12.0. The van der Waals surface area contributed by atoms with Gasteiger partial charge in [0.1, 0.15) is 0 Å². The van der Waals surface area contributed by atoms with Crippen LogP contribution in [0.25, 0.3) is 10.2 Å². The van der Waals surface area contributed by atoms with Crippen LogP contribution in [0, 0.1) is 17.8 Å². The largest absolute Gasteiger partial charge is 0.302 e. The number of carbonyl (C=O) groups excluding carboxylic acids is 1. The first-order valence-electron chi connectivity index (χ1n) is 7.61. The molecule has 2 aliphatic rings. The van der Waals surface area contributed by atoms with E-state index in [-0.39, 0.29) is 11.8 Å². The Morgan fingerprint density at radius 3 is 3.00 bits per heavy atom. The highest BCUT2D eigenvalue weighted by atomic mass is 32.1. The predicted octanol–water partition coefficient (Wildman–Crippen LogP) is 4.01. The Labute approximate surface area is 128 Å². The molecule has 1 N–H and O–H groups in total. The Morgan fingerprint density at radius 1 is 1.38 bits per heavy atom. The molecule has 1 amide bonds. The van der Waals surface area contributed by atoms with E-state index in [0.717, 1.165) is 34.6 Å². The Morgan fingerprint density at radius 2 is 2.29 bits per heavy atom. The van der Waals surface area contributed by atoms with Crippen molar-refractivity contribution in [2.45, 2.75) is 26.2 Å². The van der Waals surface area contributed by atoms with Crippen LogP contribution in [0.1, 0.15) is 25.3 Å². The lowest BCUT2D eigenvalue weighted by molar-refractivity contribution is -0.120. The molecule has 2 aromatic rings. The topological polar surface area (TPSA) is 42.0 Å². The average molecular weight is 298 g/mol. The third-order valence-corrected chi connectivity index (χ3v) is 5.64. The van der Waals surface area contributed by atoms with Gasteiger partial charge in [0.05, 0.1) is 10.2 Å². The molecule has 0 unspecified atom stereocenters.